The molecule has 1 fully saturated rings. The SMILES string of the molecule is COC(=O)[C@H]1CC[C@H](NCc2cc(-n3cnnn3)ccc2F)[C@@H]1c1ccc(F)cc1. The second-order valence-electron chi connectivity index (χ2n) is 7.30. The number of esters is 1. The zero-order valence-electron chi connectivity index (χ0n) is 16.3. The monoisotopic (exact) mass is 413 g/mol. The highest BCUT2D eigenvalue weighted by Crippen LogP contribution is 2.41. The third kappa shape index (κ3) is 4.06. The van der Waals surface area contributed by atoms with Crippen molar-refractivity contribution in [3.8, 4) is 5.69 Å². The van der Waals surface area contributed by atoms with Crippen LogP contribution in [0.4, 0.5) is 8.78 Å². The molecule has 2 aromatic carbocycles. The van der Waals surface area contributed by atoms with Gasteiger partial charge in [-0.3, -0.25) is 4.79 Å². The minimum absolute atomic E-state index is 0.0874. The zero-order valence-corrected chi connectivity index (χ0v) is 16.3. The number of tetrazole rings is 1. The Kier molecular flexibility index (Phi) is 5.80. The van der Waals surface area contributed by atoms with Crippen LogP contribution in [0.3, 0.4) is 0 Å². The number of halogens is 2. The fourth-order valence-corrected chi connectivity index (χ4v) is 4.15. The van der Waals surface area contributed by atoms with E-state index < -0.39 is 0 Å². The summed E-state index contributed by atoms with van der Waals surface area (Å²) in [5.74, 6) is -1.50. The molecule has 4 rings (SSSR count). The van der Waals surface area contributed by atoms with Crippen LogP contribution in [-0.4, -0.2) is 39.3 Å². The number of hydrogen-bond donors (Lipinski definition) is 1. The minimum Gasteiger partial charge on any atom is -0.469 e. The number of nitrogens with zero attached hydrogens (tertiary/aromatic N) is 4. The van der Waals surface area contributed by atoms with Gasteiger partial charge in [0.2, 0.25) is 0 Å². The van der Waals surface area contributed by atoms with E-state index in [1.54, 1.807) is 24.3 Å². The summed E-state index contributed by atoms with van der Waals surface area (Å²) in [4.78, 5) is 12.3. The summed E-state index contributed by atoms with van der Waals surface area (Å²) in [6, 6.07) is 10.7. The van der Waals surface area contributed by atoms with Crippen LogP contribution in [0.2, 0.25) is 0 Å². The Morgan fingerprint density at radius 1 is 1.20 bits per heavy atom. The highest BCUT2D eigenvalue weighted by Gasteiger charge is 2.41. The fourth-order valence-electron chi connectivity index (χ4n) is 4.15. The van der Waals surface area contributed by atoms with E-state index in [1.165, 1.54) is 36.3 Å². The molecule has 1 heterocycles. The van der Waals surface area contributed by atoms with Gasteiger partial charge in [-0.15, -0.1) is 5.10 Å². The summed E-state index contributed by atoms with van der Waals surface area (Å²) >= 11 is 0. The van der Waals surface area contributed by atoms with E-state index in [4.69, 9.17) is 4.74 Å². The summed E-state index contributed by atoms with van der Waals surface area (Å²) < 4.78 is 34.2. The summed E-state index contributed by atoms with van der Waals surface area (Å²) in [6.07, 6.45) is 2.79. The van der Waals surface area contributed by atoms with Gasteiger partial charge in [0, 0.05) is 24.1 Å². The van der Waals surface area contributed by atoms with E-state index in [0.29, 0.717) is 17.7 Å². The summed E-state index contributed by atoms with van der Waals surface area (Å²) in [7, 11) is 1.37. The highest BCUT2D eigenvalue weighted by atomic mass is 19.1. The molecule has 0 radical (unpaired) electrons. The van der Waals surface area contributed by atoms with Crippen LogP contribution in [0.5, 0.6) is 0 Å². The highest BCUT2D eigenvalue weighted by molar-refractivity contribution is 5.74. The minimum atomic E-state index is -0.347. The van der Waals surface area contributed by atoms with Crippen LogP contribution in [0.1, 0.15) is 29.9 Å². The molecule has 1 aromatic heterocycles. The molecule has 1 N–H and O–H groups in total. The van der Waals surface area contributed by atoms with Crippen LogP contribution in [0.25, 0.3) is 5.69 Å². The first-order valence-electron chi connectivity index (χ1n) is 9.65. The lowest BCUT2D eigenvalue weighted by atomic mass is 9.86. The standard InChI is InChI=1S/C21H21F2N5O2/c1-30-21(29)17-7-9-19(20(17)13-2-4-15(22)5-3-13)24-11-14-10-16(6-8-18(14)23)28-12-25-26-27-28/h2-6,8,10,12,17,19-20,24H,7,9,11H2,1H3/t17-,19-,20+/m0/s1. The quantitative estimate of drug-likeness (QED) is 0.626. The van der Waals surface area contributed by atoms with Gasteiger partial charge < -0.3 is 10.1 Å². The largest absolute Gasteiger partial charge is 0.469 e. The molecule has 7 nitrogen and oxygen atoms in total. The van der Waals surface area contributed by atoms with Gasteiger partial charge in [-0.05, 0) is 59.2 Å². The lowest BCUT2D eigenvalue weighted by Gasteiger charge is -2.25. The molecular weight excluding hydrogens is 392 g/mol. The van der Waals surface area contributed by atoms with Crippen molar-refractivity contribution in [1.82, 2.24) is 25.5 Å². The number of rotatable bonds is 6. The molecule has 3 aromatic rings. The fraction of sp³-hybridized carbons (Fsp3) is 0.333. The lowest BCUT2D eigenvalue weighted by molar-refractivity contribution is -0.145. The molecule has 1 aliphatic carbocycles. The molecule has 3 atom stereocenters. The van der Waals surface area contributed by atoms with Gasteiger partial charge in [0.1, 0.15) is 18.0 Å². The molecule has 0 bridgehead atoms. The van der Waals surface area contributed by atoms with Crippen molar-refractivity contribution >= 4 is 5.97 Å². The number of benzene rings is 2. The second-order valence-corrected chi connectivity index (χ2v) is 7.30. The molecular formula is C21H21F2N5O2. The Hall–Kier alpha value is -3.20. The number of ether oxygens (including phenoxy) is 1. The molecule has 1 saturated carbocycles. The van der Waals surface area contributed by atoms with Crippen molar-refractivity contribution in [1.29, 1.82) is 0 Å². The van der Waals surface area contributed by atoms with Crippen LogP contribution in [0, 0.1) is 17.6 Å². The van der Waals surface area contributed by atoms with Gasteiger partial charge >= 0.3 is 5.97 Å². The van der Waals surface area contributed by atoms with Crippen molar-refractivity contribution in [2.24, 2.45) is 5.92 Å². The predicted molar refractivity (Wildman–Crippen MR) is 104 cm³/mol. The van der Waals surface area contributed by atoms with Gasteiger partial charge in [-0.1, -0.05) is 12.1 Å². The summed E-state index contributed by atoms with van der Waals surface area (Å²) in [5, 5.41) is 14.4. The first kappa shape index (κ1) is 20.1. The van der Waals surface area contributed by atoms with Crippen molar-refractivity contribution in [2.75, 3.05) is 7.11 Å². The van der Waals surface area contributed by atoms with E-state index in [-0.39, 0.29) is 42.0 Å². The van der Waals surface area contributed by atoms with Gasteiger partial charge in [0.15, 0.2) is 0 Å². The van der Waals surface area contributed by atoms with Crippen molar-refractivity contribution in [2.45, 2.75) is 31.3 Å². The maximum atomic E-state index is 14.4. The average Bonchev–Trinajstić information content (AvgIpc) is 3.43. The Morgan fingerprint density at radius 2 is 2.00 bits per heavy atom. The molecule has 30 heavy (non-hydrogen) atoms. The van der Waals surface area contributed by atoms with Crippen molar-refractivity contribution < 1.29 is 18.3 Å². The Morgan fingerprint density at radius 3 is 2.70 bits per heavy atom. The molecule has 1 aliphatic rings. The number of hydrogen-bond acceptors (Lipinski definition) is 6. The molecule has 0 saturated heterocycles. The Labute approximate surface area is 172 Å². The number of carbonyl (C=O) groups is 1. The first-order valence-corrected chi connectivity index (χ1v) is 9.65. The van der Waals surface area contributed by atoms with Crippen LogP contribution < -0.4 is 5.32 Å². The molecule has 0 aliphatic heterocycles. The summed E-state index contributed by atoms with van der Waals surface area (Å²) in [6.45, 7) is 0.262. The van der Waals surface area contributed by atoms with Crippen molar-refractivity contribution in [3.63, 3.8) is 0 Å². The van der Waals surface area contributed by atoms with Gasteiger partial charge in [0.05, 0.1) is 18.7 Å². The number of aromatic nitrogens is 4. The van der Waals surface area contributed by atoms with E-state index >= 15 is 0 Å². The molecule has 9 heteroatoms. The van der Waals surface area contributed by atoms with Crippen LogP contribution in [0.15, 0.2) is 48.8 Å². The van der Waals surface area contributed by atoms with E-state index in [9.17, 15) is 13.6 Å². The van der Waals surface area contributed by atoms with Crippen LogP contribution >= 0.6 is 0 Å². The van der Waals surface area contributed by atoms with Gasteiger partial charge in [-0.25, -0.2) is 13.5 Å². The molecule has 0 amide bonds. The Balaban J connectivity index is 1.55. The third-order valence-electron chi connectivity index (χ3n) is 5.61. The van der Waals surface area contributed by atoms with Gasteiger partial charge in [0.25, 0.3) is 0 Å². The first-order chi connectivity index (χ1) is 14.6. The molecule has 0 unspecified atom stereocenters. The lowest BCUT2D eigenvalue weighted by Crippen LogP contribution is -2.34. The Bertz CT molecular complexity index is 1010. The van der Waals surface area contributed by atoms with E-state index in [0.717, 1.165) is 12.0 Å². The third-order valence-corrected chi connectivity index (χ3v) is 5.61. The zero-order chi connectivity index (χ0) is 21.1. The maximum absolute atomic E-state index is 14.4. The van der Waals surface area contributed by atoms with Crippen LogP contribution in [-0.2, 0) is 16.1 Å². The maximum Gasteiger partial charge on any atom is 0.309 e. The molecule has 156 valence electrons. The summed E-state index contributed by atoms with van der Waals surface area (Å²) in [5.41, 5.74) is 1.96. The van der Waals surface area contributed by atoms with Crippen molar-refractivity contribution in [3.05, 3.63) is 71.6 Å². The second kappa shape index (κ2) is 8.66. The topological polar surface area (TPSA) is 81.9 Å². The number of nitrogens with one attached hydrogen (secondary N) is 1. The number of carbonyl (C=O) groups excluding carboxylic acids is 1. The smallest absolute Gasteiger partial charge is 0.309 e. The normalized spacial score (nSPS) is 21.0. The molecule has 0 spiro atoms. The van der Waals surface area contributed by atoms with E-state index in [2.05, 4.69) is 20.8 Å². The average molecular weight is 413 g/mol. The number of methoxy groups -OCH3 is 1. The van der Waals surface area contributed by atoms with E-state index in [1.807, 2.05) is 0 Å². The predicted octanol–water partition coefficient (Wildman–Crippen LogP) is 2.77. The van der Waals surface area contributed by atoms with Gasteiger partial charge in [-0.2, -0.15) is 0 Å².